The molecule has 0 fully saturated rings. The normalized spacial score (nSPS) is 12.6. The van der Waals surface area contributed by atoms with Crippen molar-refractivity contribution in [2.24, 2.45) is 5.92 Å². The number of hydrogen-bond acceptors (Lipinski definition) is 3. The van der Waals surface area contributed by atoms with E-state index in [0.717, 1.165) is 12.2 Å². The number of nitrogens with one attached hydrogen (secondary N) is 2. The number of nitrogens with zero attached hydrogens (tertiary/aromatic N) is 1. The number of aromatic nitrogens is 1. The van der Waals surface area contributed by atoms with Gasteiger partial charge in [0.15, 0.2) is 0 Å². The third kappa shape index (κ3) is 3.83. The van der Waals surface area contributed by atoms with Crippen LogP contribution in [0, 0.1) is 5.92 Å². The van der Waals surface area contributed by atoms with Gasteiger partial charge in [0, 0.05) is 32.0 Å². The van der Waals surface area contributed by atoms with Crippen molar-refractivity contribution in [2.75, 3.05) is 20.1 Å². The first-order valence-electron chi connectivity index (χ1n) is 6.22. The Morgan fingerprint density at radius 3 is 2.67 bits per heavy atom. The smallest absolute Gasteiger partial charge is 0.244 e. The maximum Gasteiger partial charge on any atom is 0.244 e. The average molecular weight is 273 g/mol. The van der Waals surface area contributed by atoms with E-state index in [-0.39, 0.29) is 0 Å². The lowest BCUT2D eigenvalue weighted by atomic mass is 10.2. The Morgan fingerprint density at radius 1 is 1.44 bits per heavy atom. The van der Waals surface area contributed by atoms with Crippen LogP contribution in [0.5, 0.6) is 0 Å². The van der Waals surface area contributed by atoms with Crippen molar-refractivity contribution in [3.8, 4) is 0 Å². The van der Waals surface area contributed by atoms with Crippen molar-refractivity contribution in [3.05, 3.63) is 18.0 Å². The lowest BCUT2D eigenvalue weighted by Crippen LogP contribution is -2.30. The quantitative estimate of drug-likeness (QED) is 0.789. The first-order valence-corrected chi connectivity index (χ1v) is 7.66. The van der Waals surface area contributed by atoms with Gasteiger partial charge in [0.2, 0.25) is 10.0 Å². The van der Waals surface area contributed by atoms with Gasteiger partial charge in [-0.15, -0.1) is 0 Å². The second kappa shape index (κ2) is 6.36. The monoisotopic (exact) mass is 273 g/mol. The lowest BCUT2D eigenvalue weighted by Gasteiger charge is -2.18. The van der Waals surface area contributed by atoms with Crippen LogP contribution in [0.4, 0.5) is 0 Å². The van der Waals surface area contributed by atoms with Crippen LogP contribution in [0.25, 0.3) is 0 Å². The zero-order chi connectivity index (χ0) is 13.8. The van der Waals surface area contributed by atoms with Gasteiger partial charge in [-0.25, -0.2) is 12.7 Å². The maximum atomic E-state index is 12.2. The Kier molecular flexibility index (Phi) is 5.37. The van der Waals surface area contributed by atoms with Gasteiger partial charge in [0.1, 0.15) is 0 Å². The van der Waals surface area contributed by atoms with Gasteiger partial charge in [-0.05, 0) is 18.5 Å². The third-order valence-corrected chi connectivity index (χ3v) is 4.41. The predicted octanol–water partition coefficient (Wildman–Crippen LogP) is 1.40. The highest BCUT2D eigenvalue weighted by atomic mass is 32.2. The summed E-state index contributed by atoms with van der Waals surface area (Å²) in [4.78, 5) is 3.32. The Hall–Kier alpha value is -0.850. The summed E-state index contributed by atoms with van der Waals surface area (Å²) in [5.41, 5.74) is 0.883. The maximum absolute atomic E-state index is 12.2. The number of sulfonamides is 1. The Morgan fingerprint density at radius 2 is 2.11 bits per heavy atom. The van der Waals surface area contributed by atoms with Crippen molar-refractivity contribution in [3.63, 3.8) is 0 Å². The SMILES string of the molecule is CCNCc1cc(S(=O)(=O)N(C)CC(C)C)c[nH]1. The topological polar surface area (TPSA) is 65.2 Å². The fourth-order valence-electron chi connectivity index (χ4n) is 1.72. The number of rotatable bonds is 7. The minimum Gasteiger partial charge on any atom is -0.363 e. The molecule has 5 nitrogen and oxygen atoms in total. The van der Waals surface area contributed by atoms with Crippen molar-refractivity contribution in [1.29, 1.82) is 0 Å². The van der Waals surface area contributed by atoms with Crippen LogP contribution in [0.2, 0.25) is 0 Å². The largest absolute Gasteiger partial charge is 0.363 e. The van der Waals surface area contributed by atoms with E-state index >= 15 is 0 Å². The molecule has 18 heavy (non-hydrogen) atoms. The molecule has 0 saturated carbocycles. The summed E-state index contributed by atoms with van der Waals surface area (Å²) in [5, 5.41) is 3.15. The molecule has 1 rings (SSSR count). The summed E-state index contributed by atoms with van der Waals surface area (Å²) in [6.45, 7) is 8.04. The fraction of sp³-hybridized carbons (Fsp3) is 0.667. The van der Waals surface area contributed by atoms with E-state index in [9.17, 15) is 8.42 Å². The Balaban J connectivity index is 2.81. The summed E-state index contributed by atoms with van der Waals surface area (Å²) < 4.78 is 25.9. The molecule has 0 radical (unpaired) electrons. The van der Waals surface area contributed by atoms with E-state index < -0.39 is 10.0 Å². The van der Waals surface area contributed by atoms with Crippen molar-refractivity contribution >= 4 is 10.0 Å². The summed E-state index contributed by atoms with van der Waals surface area (Å²) in [5.74, 6) is 0.310. The molecule has 0 bridgehead atoms. The number of aromatic amines is 1. The van der Waals surface area contributed by atoms with E-state index in [4.69, 9.17) is 0 Å². The molecule has 0 unspecified atom stereocenters. The third-order valence-electron chi connectivity index (χ3n) is 2.61. The molecular formula is C12H23N3O2S. The van der Waals surface area contributed by atoms with Crippen LogP contribution in [0.3, 0.4) is 0 Å². The molecule has 2 N–H and O–H groups in total. The van der Waals surface area contributed by atoms with Crippen LogP contribution in [-0.2, 0) is 16.6 Å². The molecular weight excluding hydrogens is 250 g/mol. The van der Waals surface area contributed by atoms with Gasteiger partial charge in [-0.1, -0.05) is 20.8 Å². The number of hydrogen-bond donors (Lipinski definition) is 2. The molecule has 0 atom stereocenters. The molecule has 1 aromatic rings. The number of H-pyrrole nitrogens is 1. The van der Waals surface area contributed by atoms with Crippen LogP contribution in [0.1, 0.15) is 26.5 Å². The average Bonchev–Trinajstić information content (AvgIpc) is 2.74. The predicted molar refractivity (Wildman–Crippen MR) is 72.8 cm³/mol. The standard InChI is InChI=1S/C12H23N3O2S/c1-5-13-7-11-6-12(8-14-11)18(16,17)15(4)9-10(2)3/h6,8,10,13-14H,5,7,9H2,1-4H3. The first kappa shape index (κ1) is 15.2. The van der Waals surface area contributed by atoms with E-state index in [1.54, 1.807) is 19.3 Å². The van der Waals surface area contributed by atoms with Crippen LogP contribution < -0.4 is 5.32 Å². The van der Waals surface area contributed by atoms with Gasteiger partial charge < -0.3 is 10.3 Å². The first-order chi connectivity index (χ1) is 8.37. The molecule has 1 heterocycles. The fourth-order valence-corrected chi connectivity index (χ4v) is 3.08. The molecule has 0 aliphatic carbocycles. The second-order valence-electron chi connectivity index (χ2n) is 4.82. The van der Waals surface area contributed by atoms with Gasteiger partial charge in [-0.2, -0.15) is 0 Å². The van der Waals surface area contributed by atoms with E-state index in [2.05, 4.69) is 10.3 Å². The summed E-state index contributed by atoms with van der Waals surface area (Å²) in [7, 11) is -1.75. The molecule has 1 aromatic heterocycles. The molecule has 0 aliphatic rings. The molecule has 104 valence electrons. The van der Waals surface area contributed by atoms with Crippen molar-refractivity contribution in [2.45, 2.75) is 32.2 Å². The van der Waals surface area contributed by atoms with Crippen LogP contribution >= 0.6 is 0 Å². The van der Waals surface area contributed by atoms with Crippen molar-refractivity contribution < 1.29 is 8.42 Å². The highest BCUT2D eigenvalue weighted by molar-refractivity contribution is 7.89. The minimum absolute atomic E-state index is 0.310. The Labute approximate surface area is 110 Å². The minimum atomic E-state index is -3.36. The van der Waals surface area contributed by atoms with Crippen LogP contribution in [0.15, 0.2) is 17.2 Å². The second-order valence-corrected chi connectivity index (χ2v) is 6.87. The van der Waals surface area contributed by atoms with Crippen molar-refractivity contribution in [1.82, 2.24) is 14.6 Å². The highest BCUT2D eigenvalue weighted by Crippen LogP contribution is 2.16. The molecule has 0 saturated heterocycles. The molecule has 6 heteroatoms. The molecule has 0 aliphatic heterocycles. The zero-order valence-corrected chi connectivity index (χ0v) is 12.3. The molecule has 0 spiro atoms. The summed E-state index contributed by atoms with van der Waals surface area (Å²) in [6.07, 6.45) is 1.55. The van der Waals surface area contributed by atoms with Gasteiger partial charge in [0.05, 0.1) is 4.90 Å². The zero-order valence-electron chi connectivity index (χ0n) is 11.5. The molecule has 0 aromatic carbocycles. The lowest BCUT2D eigenvalue weighted by molar-refractivity contribution is 0.417. The van der Waals surface area contributed by atoms with Gasteiger partial charge >= 0.3 is 0 Å². The molecule has 0 amide bonds. The van der Waals surface area contributed by atoms with Gasteiger partial charge in [0.25, 0.3) is 0 Å². The van der Waals surface area contributed by atoms with Crippen LogP contribution in [-0.4, -0.2) is 37.8 Å². The summed E-state index contributed by atoms with van der Waals surface area (Å²) in [6, 6.07) is 1.69. The van der Waals surface area contributed by atoms with E-state index in [1.807, 2.05) is 20.8 Å². The summed E-state index contributed by atoms with van der Waals surface area (Å²) >= 11 is 0. The van der Waals surface area contributed by atoms with E-state index in [0.29, 0.717) is 23.9 Å². The van der Waals surface area contributed by atoms with Gasteiger partial charge in [-0.3, -0.25) is 0 Å². The van der Waals surface area contributed by atoms with E-state index in [1.165, 1.54) is 4.31 Å². The highest BCUT2D eigenvalue weighted by Gasteiger charge is 2.22. The Bertz CT molecular complexity index is 465.